The van der Waals surface area contributed by atoms with Gasteiger partial charge in [0.25, 0.3) is 0 Å². The minimum atomic E-state index is -0.154. The molecule has 0 saturated heterocycles. The lowest BCUT2D eigenvalue weighted by Crippen LogP contribution is -2.10. The first-order valence-electron chi connectivity index (χ1n) is 7.85. The number of carbonyl (C=O) groups excluding carboxylic acids is 1. The smallest absolute Gasteiger partial charge is 0.221 e. The first kappa shape index (κ1) is 16.5. The van der Waals surface area contributed by atoms with Crippen LogP contribution in [-0.2, 0) is 5.41 Å². The molecule has 0 N–H and O–H groups in total. The number of hydrogen-bond acceptors (Lipinski definition) is 2. The Morgan fingerprint density at radius 2 is 1.75 bits per heavy atom. The van der Waals surface area contributed by atoms with Gasteiger partial charge in [0.05, 0.1) is 0 Å². The molecule has 0 radical (unpaired) electrons. The highest BCUT2D eigenvalue weighted by Crippen LogP contribution is 2.28. The number of carbonyl (C=O) groups is 1. The molecule has 0 amide bonds. The van der Waals surface area contributed by atoms with E-state index in [-0.39, 0.29) is 11.2 Å². The largest absolute Gasteiger partial charge is 0.453 e. The van der Waals surface area contributed by atoms with Crippen molar-refractivity contribution in [2.45, 2.75) is 26.2 Å². The molecule has 122 valence electrons. The quantitative estimate of drug-likeness (QED) is 0.415. The van der Waals surface area contributed by atoms with E-state index in [4.69, 9.17) is 16.0 Å². The lowest BCUT2D eigenvalue weighted by molar-refractivity contribution is 0.102. The SMILES string of the molecule is CC(C)(C)c1ccc2oc(C(=O)C=Cc3ccc(Cl)cc3)cc2c1. The third-order valence-electron chi connectivity index (χ3n) is 3.92. The standard InChI is InChI=1S/C21H19ClO2/c1-21(2,3)16-7-11-19-15(12-16)13-20(24-19)18(23)10-6-14-4-8-17(22)9-5-14/h4-13H,1-3H3. The fourth-order valence-electron chi connectivity index (χ4n) is 2.46. The summed E-state index contributed by atoms with van der Waals surface area (Å²) in [5.74, 6) is 0.194. The molecule has 3 aromatic rings. The summed E-state index contributed by atoms with van der Waals surface area (Å²) in [7, 11) is 0. The van der Waals surface area contributed by atoms with Gasteiger partial charge in [0.2, 0.25) is 5.78 Å². The van der Waals surface area contributed by atoms with Crippen LogP contribution >= 0.6 is 11.6 Å². The number of fused-ring (bicyclic) bond motifs is 1. The zero-order valence-corrected chi connectivity index (χ0v) is 14.7. The Morgan fingerprint density at radius 3 is 2.42 bits per heavy atom. The van der Waals surface area contributed by atoms with Crippen molar-refractivity contribution in [1.29, 1.82) is 0 Å². The van der Waals surface area contributed by atoms with Gasteiger partial charge >= 0.3 is 0 Å². The number of hydrogen-bond donors (Lipinski definition) is 0. The van der Waals surface area contributed by atoms with Gasteiger partial charge in [0, 0.05) is 10.4 Å². The molecule has 2 aromatic carbocycles. The highest BCUT2D eigenvalue weighted by Gasteiger charge is 2.16. The summed E-state index contributed by atoms with van der Waals surface area (Å²) in [6.45, 7) is 6.49. The van der Waals surface area contributed by atoms with Gasteiger partial charge < -0.3 is 4.42 Å². The Balaban J connectivity index is 1.86. The number of furan rings is 1. The van der Waals surface area contributed by atoms with Crippen molar-refractivity contribution in [2.75, 3.05) is 0 Å². The molecule has 24 heavy (non-hydrogen) atoms. The van der Waals surface area contributed by atoms with Crippen molar-refractivity contribution in [3.05, 3.63) is 76.5 Å². The fraction of sp³-hybridized carbons (Fsp3) is 0.190. The van der Waals surface area contributed by atoms with Crippen LogP contribution in [0.15, 0.2) is 59.0 Å². The number of halogens is 1. The van der Waals surface area contributed by atoms with Gasteiger partial charge in [-0.15, -0.1) is 0 Å². The molecule has 1 aromatic heterocycles. The maximum atomic E-state index is 12.3. The molecule has 0 saturated carbocycles. The molecule has 0 bridgehead atoms. The minimum Gasteiger partial charge on any atom is -0.453 e. The summed E-state index contributed by atoms with van der Waals surface area (Å²) < 4.78 is 5.68. The van der Waals surface area contributed by atoms with Crippen LogP contribution in [0.4, 0.5) is 0 Å². The maximum absolute atomic E-state index is 12.3. The molecule has 0 unspecified atom stereocenters. The van der Waals surface area contributed by atoms with Crippen molar-refractivity contribution in [2.24, 2.45) is 0 Å². The highest BCUT2D eigenvalue weighted by atomic mass is 35.5. The third kappa shape index (κ3) is 3.60. The summed E-state index contributed by atoms with van der Waals surface area (Å²) in [6.07, 6.45) is 3.28. The van der Waals surface area contributed by atoms with Crippen LogP contribution in [0.25, 0.3) is 17.0 Å². The normalized spacial score (nSPS) is 12.2. The molecule has 0 aliphatic rings. The van der Waals surface area contributed by atoms with E-state index in [1.807, 2.05) is 24.3 Å². The number of rotatable bonds is 3. The van der Waals surface area contributed by atoms with E-state index >= 15 is 0 Å². The average Bonchev–Trinajstić information content (AvgIpc) is 2.96. The van der Waals surface area contributed by atoms with Crippen molar-refractivity contribution < 1.29 is 9.21 Å². The summed E-state index contributed by atoms with van der Waals surface area (Å²) in [5.41, 5.74) is 2.92. The molecule has 0 fully saturated rings. The van der Waals surface area contributed by atoms with Gasteiger partial charge in [-0.05, 0) is 52.9 Å². The Bertz CT molecular complexity index is 909. The zero-order chi connectivity index (χ0) is 17.3. The second-order valence-electron chi connectivity index (χ2n) is 6.86. The lowest BCUT2D eigenvalue weighted by Gasteiger charge is -2.18. The number of allylic oxidation sites excluding steroid dienone is 1. The van der Waals surface area contributed by atoms with E-state index in [0.717, 1.165) is 16.5 Å². The second kappa shape index (κ2) is 6.29. The van der Waals surface area contributed by atoms with Gasteiger partial charge in [-0.2, -0.15) is 0 Å². The Morgan fingerprint density at radius 1 is 1.04 bits per heavy atom. The van der Waals surface area contributed by atoms with E-state index in [0.29, 0.717) is 10.8 Å². The van der Waals surface area contributed by atoms with Crippen LogP contribution in [-0.4, -0.2) is 5.78 Å². The predicted octanol–water partition coefficient (Wildman–Crippen LogP) is 6.28. The van der Waals surface area contributed by atoms with Crippen molar-refractivity contribution in [3.63, 3.8) is 0 Å². The lowest BCUT2D eigenvalue weighted by atomic mass is 9.86. The van der Waals surface area contributed by atoms with Crippen LogP contribution in [0.2, 0.25) is 5.02 Å². The topological polar surface area (TPSA) is 30.2 Å². The van der Waals surface area contributed by atoms with E-state index in [1.165, 1.54) is 11.6 Å². The Kier molecular flexibility index (Phi) is 4.33. The van der Waals surface area contributed by atoms with Crippen LogP contribution in [0.1, 0.15) is 42.5 Å². The monoisotopic (exact) mass is 338 g/mol. The maximum Gasteiger partial charge on any atom is 0.221 e. The van der Waals surface area contributed by atoms with Crippen molar-refractivity contribution in [1.82, 2.24) is 0 Å². The van der Waals surface area contributed by atoms with Gasteiger partial charge in [0.15, 0.2) is 5.76 Å². The molecule has 2 nitrogen and oxygen atoms in total. The molecule has 3 rings (SSSR count). The number of benzene rings is 2. The van der Waals surface area contributed by atoms with E-state index in [2.05, 4.69) is 26.8 Å². The van der Waals surface area contributed by atoms with Gasteiger partial charge in [-0.25, -0.2) is 0 Å². The first-order valence-corrected chi connectivity index (χ1v) is 8.23. The molecule has 0 aliphatic carbocycles. The molecule has 3 heteroatoms. The molecule has 0 aliphatic heterocycles. The van der Waals surface area contributed by atoms with Crippen molar-refractivity contribution >= 4 is 34.4 Å². The predicted molar refractivity (Wildman–Crippen MR) is 99.7 cm³/mol. The third-order valence-corrected chi connectivity index (χ3v) is 4.17. The van der Waals surface area contributed by atoms with Crippen LogP contribution < -0.4 is 0 Å². The van der Waals surface area contributed by atoms with E-state index < -0.39 is 0 Å². The van der Waals surface area contributed by atoms with Crippen LogP contribution in [0.5, 0.6) is 0 Å². The van der Waals surface area contributed by atoms with Gasteiger partial charge in [-0.3, -0.25) is 4.79 Å². The fourth-order valence-corrected chi connectivity index (χ4v) is 2.59. The Hall–Kier alpha value is -2.32. The summed E-state index contributed by atoms with van der Waals surface area (Å²) in [6, 6.07) is 15.2. The van der Waals surface area contributed by atoms with Gasteiger partial charge in [-0.1, -0.05) is 56.6 Å². The van der Waals surface area contributed by atoms with E-state index in [1.54, 1.807) is 24.3 Å². The summed E-state index contributed by atoms with van der Waals surface area (Å²) in [5, 5.41) is 1.62. The molecular weight excluding hydrogens is 320 g/mol. The van der Waals surface area contributed by atoms with Gasteiger partial charge in [0.1, 0.15) is 5.58 Å². The van der Waals surface area contributed by atoms with Crippen LogP contribution in [0.3, 0.4) is 0 Å². The highest BCUT2D eigenvalue weighted by molar-refractivity contribution is 6.30. The summed E-state index contributed by atoms with van der Waals surface area (Å²) in [4.78, 5) is 12.3. The average molecular weight is 339 g/mol. The Labute approximate surface area is 146 Å². The second-order valence-corrected chi connectivity index (χ2v) is 7.30. The van der Waals surface area contributed by atoms with E-state index in [9.17, 15) is 4.79 Å². The van der Waals surface area contributed by atoms with Crippen molar-refractivity contribution in [3.8, 4) is 0 Å². The molecular formula is C21H19ClO2. The molecule has 0 atom stereocenters. The molecule has 0 spiro atoms. The zero-order valence-electron chi connectivity index (χ0n) is 14.0. The number of ketones is 1. The minimum absolute atomic E-state index is 0.0596. The van der Waals surface area contributed by atoms with Crippen LogP contribution in [0, 0.1) is 0 Å². The molecule has 1 heterocycles. The first-order chi connectivity index (χ1) is 11.3. The summed E-state index contributed by atoms with van der Waals surface area (Å²) >= 11 is 5.85.